The molecular formula is C41H72O4. The minimum Gasteiger partial charge on any atom is -0.457 e. The monoisotopic (exact) mass is 629 g/mol. The molecule has 0 aliphatic carbocycles. The van der Waals surface area contributed by atoms with Gasteiger partial charge in [-0.3, -0.25) is 4.79 Å². The molecule has 0 aromatic rings. The first-order valence-electron chi connectivity index (χ1n) is 18.9. The standard InChI is InChI=1S/C41H72O4/c1-3-5-7-9-11-13-15-17-18-19-20-21-22-23-24-25-26-28-30-32-34-36-41(43)45-40(38-42)39-44-37-35-33-31-29-27-16-14-12-10-8-6-4-2/h5,7,10-13,17-18,20-21,40,42H,3-4,6,8-9,14-16,19,22-39H2,1-2H3/b7-5-,12-10-,13-11-,18-17-,21-20-. The van der Waals surface area contributed by atoms with Gasteiger partial charge in [-0.2, -0.15) is 0 Å². The van der Waals surface area contributed by atoms with E-state index in [-0.39, 0.29) is 19.2 Å². The maximum absolute atomic E-state index is 12.2. The molecular weight excluding hydrogens is 556 g/mol. The molecule has 0 bridgehead atoms. The summed E-state index contributed by atoms with van der Waals surface area (Å²) < 4.78 is 11.1. The number of ether oxygens (including phenoxy) is 2. The van der Waals surface area contributed by atoms with Crippen LogP contribution < -0.4 is 0 Å². The normalized spacial score (nSPS) is 13.0. The van der Waals surface area contributed by atoms with Gasteiger partial charge in [-0.05, 0) is 70.6 Å². The van der Waals surface area contributed by atoms with E-state index in [1.165, 1.54) is 103 Å². The molecule has 0 saturated carbocycles. The minimum atomic E-state index is -0.542. The summed E-state index contributed by atoms with van der Waals surface area (Å²) in [6.45, 7) is 5.17. The fourth-order valence-corrected chi connectivity index (χ4v) is 5.00. The summed E-state index contributed by atoms with van der Waals surface area (Å²) in [5, 5.41) is 9.55. The lowest BCUT2D eigenvalue weighted by Gasteiger charge is -2.15. The quantitative estimate of drug-likeness (QED) is 0.0437. The van der Waals surface area contributed by atoms with E-state index in [0.29, 0.717) is 13.0 Å². The molecule has 0 fully saturated rings. The van der Waals surface area contributed by atoms with Crippen LogP contribution in [0.25, 0.3) is 0 Å². The lowest BCUT2D eigenvalue weighted by atomic mass is 10.1. The van der Waals surface area contributed by atoms with Crippen LogP contribution in [0.5, 0.6) is 0 Å². The highest BCUT2D eigenvalue weighted by Gasteiger charge is 2.13. The maximum atomic E-state index is 12.2. The first-order valence-corrected chi connectivity index (χ1v) is 18.9. The molecule has 1 atom stereocenters. The smallest absolute Gasteiger partial charge is 0.306 e. The maximum Gasteiger partial charge on any atom is 0.306 e. The zero-order chi connectivity index (χ0) is 32.7. The fraction of sp³-hybridized carbons (Fsp3) is 0.732. The van der Waals surface area contributed by atoms with Crippen molar-refractivity contribution in [3.8, 4) is 0 Å². The molecule has 0 amide bonds. The molecule has 0 aromatic heterocycles. The number of esters is 1. The van der Waals surface area contributed by atoms with Crippen molar-refractivity contribution < 1.29 is 19.4 Å². The van der Waals surface area contributed by atoms with Gasteiger partial charge in [-0.25, -0.2) is 0 Å². The van der Waals surface area contributed by atoms with E-state index in [2.05, 4.69) is 74.6 Å². The van der Waals surface area contributed by atoms with Crippen LogP contribution in [0.1, 0.15) is 168 Å². The minimum absolute atomic E-state index is 0.180. The molecule has 0 radical (unpaired) electrons. The molecule has 1 unspecified atom stereocenters. The van der Waals surface area contributed by atoms with E-state index in [1.807, 2.05) is 0 Å². The van der Waals surface area contributed by atoms with Crippen molar-refractivity contribution in [1.82, 2.24) is 0 Å². The highest BCUT2D eigenvalue weighted by atomic mass is 16.6. The van der Waals surface area contributed by atoms with E-state index >= 15 is 0 Å². The van der Waals surface area contributed by atoms with Gasteiger partial charge in [0.15, 0.2) is 0 Å². The average Bonchev–Trinajstić information content (AvgIpc) is 3.05. The van der Waals surface area contributed by atoms with E-state index in [4.69, 9.17) is 9.47 Å². The van der Waals surface area contributed by atoms with Crippen molar-refractivity contribution >= 4 is 5.97 Å². The van der Waals surface area contributed by atoms with Crippen LogP contribution in [-0.2, 0) is 14.3 Å². The van der Waals surface area contributed by atoms with Crippen molar-refractivity contribution in [2.24, 2.45) is 0 Å². The van der Waals surface area contributed by atoms with E-state index in [1.54, 1.807) is 0 Å². The third kappa shape index (κ3) is 36.4. The summed E-state index contributed by atoms with van der Waals surface area (Å²) in [6.07, 6.45) is 49.7. The van der Waals surface area contributed by atoms with Gasteiger partial charge in [0.25, 0.3) is 0 Å². The molecule has 4 nitrogen and oxygen atoms in total. The molecule has 45 heavy (non-hydrogen) atoms. The number of aliphatic hydroxyl groups is 1. The van der Waals surface area contributed by atoms with Crippen molar-refractivity contribution in [2.75, 3.05) is 19.8 Å². The number of hydrogen-bond acceptors (Lipinski definition) is 4. The van der Waals surface area contributed by atoms with Gasteiger partial charge in [0.2, 0.25) is 0 Å². The highest BCUT2D eigenvalue weighted by molar-refractivity contribution is 5.69. The van der Waals surface area contributed by atoms with Crippen LogP contribution in [0.4, 0.5) is 0 Å². The molecule has 4 heteroatoms. The second-order valence-corrected chi connectivity index (χ2v) is 12.3. The molecule has 0 heterocycles. The SMILES string of the molecule is CC/C=C\C/C=C\C/C=C\C/C=C\CCCCCCCCCCC(=O)OC(CO)COCCCCCCCC/C=C\CCCC. The number of carbonyl (C=O) groups excluding carboxylic acids is 1. The summed E-state index contributed by atoms with van der Waals surface area (Å²) >= 11 is 0. The third-order valence-corrected chi connectivity index (χ3v) is 7.83. The largest absolute Gasteiger partial charge is 0.457 e. The molecule has 260 valence electrons. The predicted octanol–water partition coefficient (Wildman–Crippen LogP) is 12.1. The number of unbranched alkanes of at least 4 members (excludes halogenated alkanes) is 16. The Morgan fingerprint density at radius 2 is 1.00 bits per heavy atom. The average molecular weight is 629 g/mol. The van der Waals surface area contributed by atoms with Gasteiger partial charge in [-0.15, -0.1) is 0 Å². The van der Waals surface area contributed by atoms with Gasteiger partial charge in [0.1, 0.15) is 6.10 Å². The molecule has 0 aliphatic rings. The van der Waals surface area contributed by atoms with Crippen molar-refractivity contribution in [2.45, 2.75) is 174 Å². The molecule has 0 spiro atoms. The molecule has 0 aromatic carbocycles. The lowest BCUT2D eigenvalue weighted by Crippen LogP contribution is -2.27. The zero-order valence-electron chi connectivity index (χ0n) is 29.6. The van der Waals surface area contributed by atoms with Gasteiger partial charge in [0, 0.05) is 13.0 Å². The van der Waals surface area contributed by atoms with E-state index < -0.39 is 6.10 Å². The first kappa shape index (κ1) is 43.1. The van der Waals surface area contributed by atoms with E-state index in [0.717, 1.165) is 44.9 Å². The van der Waals surface area contributed by atoms with Crippen LogP contribution >= 0.6 is 0 Å². The van der Waals surface area contributed by atoms with Gasteiger partial charge >= 0.3 is 5.97 Å². The molecule has 0 saturated heterocycles. The second-order valence-electron chi connectivity index (χ2n) is 12.3. The predicted molar refractivity (Wildman–Crippen MR) is 196 cm³/mol. The van der Waals surface area contributed by atoms with Gasteiger partial charge in [-0.1, -0.05) is 152 Å². The number of aliphatic hydroxyl groups excluding tert-OH is 1. The highest BCUT2D eigenvalue weighted by Crippen LogP contribution is 2.12. The fourth-order valence-electron chi connectivity index (χ4n) is 5.00. The summed E-state index contributed by atoms with van der Waals surface area (Å²) in [6, 6.07) is 0. The lowest BCUT2D eigenvalue weighted by molar-refractivity contribution is -0.154. The van der Waals surface area contributed by atoms with Crippen molar-refractivity contribution in [1.29, 1.82) is 0 Å². The summed E-state index contributed by atoms with van der Waals surface area (Å²) in [7, 11) is 0. The summed E-state index contributed by atoms with van der Waals surface area (Å²) in [4.78, 5) is 12.2. The second kappa shape index (κ2) is 38.3. The number of hydrogen-bond donors (Lipinski definition) is 1. The summed E-state index contributed by atoms with van der Waals surface area (Å²) in [5.41, 5.74) is 0. The zero-order valence-corrected chi connectivity index (χ0v) is 29.6. The third-order valence-electron chi connectivity index (χ3n) is 7.83. The van der Waals surface area contributed by atoms with Gasteiger partial charge < -0.3 is 14.6 Å². The number of allylic oxidation sites excluding steroid dienone is 10. The van der Waals surface area contributed by atoms with E-state index in [9.17, 15) is 9.90 Å². The first-order chi connectivity index (χ1) is 22.2. The Balaban J connectivity index is 3.49. The number of carbonyl (C=O) groups is 1. The Morgan fingerprint density at radius 1 is 0.556 bits per heavy atom. The topological polar surface area (TPSA) is 55.8 Å². The van der Waals surface area contributed by atoms with Crippen LogP contribution in [0.3, 0.4) is 0 Å². The molecule has 0 rings (SSSR count). The van der Waals surface area contributed by atoms with Crippen LogP contribution in [0, 0.1) is 0 Å². The Hall–Kier alpha value is -1.91. The van der Waals surface area contributed by atoms with Crippen molar-refractivity contribution in [3.63, 3.8) is 0 Å². The Morgan fingerprint density at radius 3 is 1.53 bits per heavy atom. The van der Waals surface area contributed by atoms with Crippen molar-refractivity contribution in [3.05, 3.63) is 60.8 Å². The van der Waals surface area contributed by atoms with Crippen LogP contribution in [0.15, 0.2) is 60.8 Å². The number of rotatable bonds is 34. The Kier molecular flexibility index (Phi) is 36.6. The summed E-state index contributed by atoms with van der Waals surface area (Å²) in [5.74, 6) is -0.214. The van der Waals surface area contributed by atoms with Crippen LogP contribution in [-0.4, -0.2) is 37.0 Å². The molecule has 1 N–H and O–H groups in total. The molecule has 0 aliphatic heterocycles. The van der Waals surface area contributed by atoms with Crippen LogP contribution in [0.2, 0.25) is 0 Å². The Labute approximate surface area is 279 Å². The Bertz CT molecular complexity index is 749. The van der Waals surface area contributed by atoms with Gasteiger partial charge in [0.05, 0.1) is 13.2 Å².